The number of aromatic nitrogens is 1. The summed E-state index contributed by atoms with van der Waals surface area (Å²) < 4.78 is 0. The quantitative estimate of drug-likeness (QED) is 0.524. The van der Waals surface area contributed by atoms with Crippen LogP contribution >= 0.6 is 11.3 Å². The minimum atomic E-state index is 0.707. The van der Waals surface area contributed by atoms with E-state index in [0.29, 0.717) is 6.54 Å². The van der Waals surface area contributed by atoms with Gasteiger partial charge in [0, 0.05) is 24.7 Å². The molecule has 0 bridgehead atoms. The molecule has 0 fully saturated rings. The molecule has 0 aliphatic rings. The van der Waals surface area contributed by atoms with Gasteiger partial charge in [-0.2, -0.15) is 0 Å². The Morgan fingerprint density at radius 2 is 1.96 bits per heavy atom. The topological polar surface area (TPSA) is 49.3 Å². The van der Waals surface area contributed by atoms with Crippen LogP contribution in [0.3, 0.4) is 0 Å². The van der Waals surface area contributed by atoms with E-state index in [-0.39, 0.29) is 0 Å². The van der Waals surface area contributed by atoms with E-state index in [2.05, 4.69) is 70.0 Å². The predicted molar refractivity (Wildman–Crippen MR) is 107 cm³/mol. The average molecular weight is 353 g/mol. The summed E-state index contributed by atoms with van der Waals surface area (Å²) in [6, 6.07) is 15.0. The van der Waals surface area contributed by atoms with Gasteiger partial charge in [0.2, 0.25) is 0 Å². The monoisotopic (exact) mass is 352 g/mol. The van der Waals surface area contributed by atoms with E-state index < -0.39 is 0 Å². The molecule has 0 aliphatic carbocycles. The van der Waals surface area contributed by atoms with Crippen molar-refractivity contribution in [2.24, 2.45) is 4.99 Å². The van der Waals surface area contributed by atoms with Crippen LogP contribution in [0.4, 0.5) is 0 Å². The van der Waals surface area contributed by atoms with Gasteiger partial charge in [0.1, 0.15) is 5.01 Å². The van der Waals surface area contributed by atoms with Gasteiger partial charge in [0.25, 0.3) is 0 Å². The molecule has 1 aromatic heterocycles. The highest BCUT2D eigenvalue weighted by Crippen LogP contribution is 2.18. The molecule has 2 aromatic carbocycles. The van der Waals surface area contributed by atoms with Crippen molar-refractivity contribution in [2.45, 2.75) is 26.3 Å². The maximum atomic E-state index is 4.43. The summed E-state index contributed by atoms with van der Waals surface area (Å²) in [5, 5.41) is 10.4. The first-order valence-corrected chi connectivity index (χ1v) is 9.46. The second-order valence-corrected chi connectivity index (χ2v) is 7.01. The number of hydrogen-bond donors (Lipinski definition) is 2. The molecule has 1 heterocycles. The number of nitrogens with zero attached hydrogens (tertiary/aromatic N) is 2. The third kappa shape index (κ3) is 4.57. The molecule has 0 spiro atoms. The maximum Gasteiger partial charge on any atom is 0.191 e. The van der Waals surface area contributed by atoms with Crippen LogP contribution in [0, 0.1) is 0 Å². The number of guanidine groups is 1. The number of hydrogen-bond acceptors (Lipinski definition) is 3. The average Bonchev–Trinajstić information content (AvgIpc) is 3.12. The van der Waals surface area contributed by atoms with Crippen LogP contribution in [-0.2, 0) is 19.4 Å². The van der Waals surface area contributed by atoms with Crippen molar-refractivity contribution in [1.29, 1.82) is 0 Å². The summed E-state index contributed by atoms with van der Waals surface area (Å²) in [6.45, 7) is 3.70. The summed E-state index contributed by atoms with van der Waals surface area (Å²) in [5.74, 6) is 0.813. The second kappa shape index (κ2) is 8.62. The Bertz CT molecular complexity index is 848. The lowest BCUT2D eigenvalue weighted by molar-refractivity contribution is 0.793. The maximum absolute atomic E-state index is 4.43. The van der Waals surface area contributed by atoms with Crippen LogP contribution in [0.5, 0.6) is 0 Å². The van der Waals surface area contributed by atoms with E-state index >= 15 is 0 Å². The Kier molecular flexibility index (Phi) is 6.01. The van der Waals surface area contributed by atoms with E-state index in [1.807, 2.05) is 6.20 Å². The molecule has 0 saturated carbocycles. The van der Waals surface area contributed by atoms with Crippen LogP contribution in [0.2, 0.25) is 0 Å². The number of nitrogens with one attached hydrogen (secondary N) is 2. The number of rotatable bonds is 6. The fourth-order valence-corrected chi connectivity index (χ4v) is 3.60. The Balaban J connectivity index is 1.52. The minimum absolute atomic E-state index is 0.707. The van der Waals surface area contributed by atoms with Crippen LogP contribution in [-0.4, -0.2) is 24.5 Å². The molecule has 0 aliphatic heterocycles. The molecule has 130 valence electrons. The van der Waals surface area contributed by atoms with E-state index in [4.69, 9.17) is 0 Å². The van der Waals surface area contributed by atoms with Gasteiger partial charge in [0.05, 0.1) is 6.54 Å². The van der Waals surface area contributed by atoms with Gasteiger partial charge in [-0.05, 0) is 29.2 Å². The molecule has 0 atom stereocenters. The Labute approximate surface area is 153 Å². The van der Waals surface area contributed by atoms with Crippen molar-refractivity contribution in [3.8, 4) is 0 Å². The lowest BCUT2D eigenvalue weighted by atomic mass is 10.0. The van der Waals surface area contributed by atoms with Crippen LogP contribution < -0.4 is 10.6 Å². The summed E-state index contributed by atoms with van der Waals surface area (Å²) >= 11 is 1.75. The molecule has 4 nitrogen and oxygen atoms in total. The minimum Gasteiger partial charge on any atom is -0.356 e. The smallest absolute Gasteiger partial charge is 0.191 e. The third-order valence-corrected chi connectivity index (χ3v) is 5.29. The zero-order valence-electron chi connectivity index (χ0n) is 14.7. The van der Waals surface area contributed by atoms with Crippen molar-refractivity contribution >= 4 is 28.1 Å². The standard InChI is InChI=1S/C20H24N4S/c1-3-17-13-23-19(25-17)14-24-20(21-2)22-12-11-16-9-6-8-15-7-4-5-10-18(15)16/h4-10,13H,3,11-12,14H2,1-2H3,(H2,21,22,24). The van der Waals surface area contributed by atoms with Crippen molar-refractivity contribution in [1.82, 2.24) is 15.6 Å². The zero-order valence-corrected chi connectivity index (χ0v) is 15.6. The first kappa shape index (κ1) is 17.4. The van der Waals surface area contributed by atoms with Crippen molar-refractivity contribution in [3.63, 3.8) is 0 Å². The SMILES string of the molecule is CCc1cnc(CNC(=NC)NCCc2cccc3ccccc23)s1. The molecule has 0 unspecified atom stereocenters. The van der Waals surface area contributed by atoms with Gasteiger partial charge in [-0.25, -0.2) is 4.98 Å². The van der Waals surface area contributed by atoms with Gasteiger partial charge in [0.15, 0.2) is 5.96 Å². The first-order chi connectivity index (χ1) is 12.3. The number of aryl methyl sites for hydroxylation is 1. The molecule has 25 heavy (non-hydrogen) atoms. The molecule has 0 radical (unpaired) electrons. The predicted octanol–water partition coefficient (Wildman–Crippen LogP) is 3.77. The van der Waals surface area contributed by atoms with Crippen molar-refractivity contribution in [2.75, 3.05) is 13.6 Å². The Morgan fingerprint density at radius 3 is 2.76 bits per heavy atom. The summed E-state index contributed by atoms with van der Waals surface area (Å²) in [6.07, 6.45) is 3.95. The second-order valence-electron chi connectivity index (χ2n) is 5.81. The Morgan fingerprint density at radius 1 is 1.12 bits per heavy atom. The molecule has 3 rings (SSSR count). The first-order valence-electron chi connectivity index (χ1n) is 8.65. The highest BCUT2D eigenvalue weighted by molar-refractivity contribution is 7.11. The molecule has 3 aromatic rings. The Hall–Kier alpha value is -2.40. The summed E-state index contributed by atoms with van der Waals surface area (Å²) in [4.78, 5) is 10.0. The van der Waals surface area contributed by atoms with E-state index in [0.717, 1.165) is 30.4 Å². The molecule has 0 saturated heterocycles. The normalized spacial score (nSPS) is 11.7. The molecular formula is C20H24N4S. The van der Waals surface area contributed by atoms with E-state index in [1.54, 1.807) is 18.4 Å². The number of aliphatic imine (C=N–C) groups is 1. The van der Waals surface area contributed by atoms with Gasteiger partial charge >= 0.3 is 0 Å². The zero-order chi connectivity index (χ0) is 17.5. The highest BCUT2D eigenvalue weighted by atomic mass is 32.1. The molecular weight excluding hydrogens is 328 g/mol. The third-order valence-electron chi connectivity index (χ3n) is 4.15. The molecule has 5 heteroatoms. The fourth-order valence-electron chi connectivity index (χ4n) is 2.80. The van der Waals surface area contributed by atoms with E-state index in [1.165, 1.54) is 21.2 Å². The van der Waals surface area contributed by atoms with E-state index in [9.17, 15) is 0 Å². The lowest BCUT2D eigenvalue weighted by Crippen LogP contribution is -2.37. The number of fused-ring (bicyclic) bond motifs is 1. The van der Waals surface area contributed by atoms with Crippen molar-refractivity contribution in [3.05, 3.63) is 64.1 Å². The number of benzene rings is 2. The fraction of sp³-hybridized carbons (Fsp3) is 0.300. The van der Waals surface area contributed by atoms with Gasteiger partial charge in [-0.1, -0.05) is 49.4 Å². The van der Waals surface area contributed by atoms with Crippen molar-refractivity contribution < 1.29 is 0 Å². The largest absolute Gasteiger partial charge is 0.356 e. The van der Waals surface area contributed by atoms with Gasteiger partial charge in [-0.15, -0.1) is 11.3 Å². The summed E-state index contributed by atoms with van der Waals surface area (Å²) in [7, 11) is 1.80. The number of thiazole rings is 1. The van der Waals surface area contributed by atoms with Crippen LogP contribution in [0.1, 0.15) is 22.4 Å². The van der Waals surface area contributed by atoms with Crippen LogP contribution in [0.15, 0.2) is 53.7 Å². The van der Waals surface area contributed by atoms with Gasteiger partial charge < -0.3 is 10.6 Å². The highest BCUT2D eigenvalue weighted by Gasteiger charge is 2.04. The molecule has 2 N–H and O–H groups in total. The lowest BCUT2D eigenvalue weighted by Gasteiger charge is -2.12. The van der Waals surface area contributed by atoms with Crippen LogP contribution in [0.25, 0.3) is 10.8 Å². The van der Waals surface area contributed by atoms with Gasteiger partial charge in [-0.3, -0.25) is 4.99 Å². The summed E-state index contributed by atoms with van der Waals surface area (Å²) in [5.41, 5.74) is 1.36. The molecule has 0 amide bonds.